The van der Waals surface area contributed by atoms with Crippen molar-refractivity contribution < 1.29 is 9.90 Å². The normalized spacial score (nSPS) is 25.7. The highest BCUT2D eigenvalue weighted by atomic mass is 16.3. The molecule has 1 amide bonds. The number of likely N-dealkylation sites (tertiary alicyclic amines) is 1. The number of imidazole rings is 1. The first kappa shape index (κ1) is 12.1. The monoisotopic (exact) mass is 237 g/mol. The molecule has 1 saturated heterocycles. The van der Waals surface area contributed by atoms with Crippen molar-refractivity contribution in [3.63, 3.8) is 0 Å². The SMILES string of the molecule is Cn1cnc(C(=O)N2CCCC(C)(O)CC2)c1. The molecule has 1 atom stereocenters. The van der Waals surface area contributed by atoms with Gasteiger partial charge < -0.3 is 14.6 Å². The molecular formula is C12H19N3O2. The number of aryl methyl sites for hydroxylation is 1. The third kappa shape index (κ3) is 2.85. The maximum atomic E-state index is 12.1. The summed E-state index contributed by atoms with van der Waals surface area (Å²) in [6.45, 7) is 3.13. The second kappa shape index (κ2) is 4.49. The van der Waals surface area contributed by atoms with E-state index in [1.807, 2.05) is 14.0 Å². The van der Waals surface area contributed by atoms with Gasteiger partial charge in [-0.2, -0.15) is 0 Å². The van der Waals surface area contributed by atoms with Crippen LogP contribution in [0.5, 0.6) is 0 Å². The Balaban J connectivity index is 2.05. The van der Waals surface area contributed by atoms with Gasteiger partial charge in [0, 0.05) is 26.3 Å². The standard InChI is InChI=1S/C12H19N3O2/c1-12(17)4-3-6-15(7-5-12)11(16)10-8-14(2)9-13-10/h8-9,17H,3-7H2,1-2H3. The average molecular weight is 237 g/mol. The van der Waals surface area contributed by atoms with E-state index in [4.69, 9.17) is 0 Å². The predicted molar refractivity (Wildman–Crippen MR) is 63.6 cm³/mol. The van der Waals surface area contributed by atoms with E-state index in [1.165, 1.54) is 0 Å². The quantitative estimate of drug-likeness (QED) is 0.786. The van der Waals surface area contributed by atoms with Crippen molar-refractivity contribution in [3.8, 4) is 0 Å². The number of carbonyl (C=O) groups is 1. The number of hydrogen-bond acceptors (Lipinski definition) is 3. The highest BCUT2D eigenvalue weighted by molar-refractivity contribution is 5.92. The van der Waals surface area contributed by atoms with Crippen molar-refractivity contribution in [1.82, 2.24) is 14.5 Å². The molecule has 1 unspecified atom stereocenters. The lowest BCUT2D eigenvalue weighted by atomic mass is 9.98. The summed E-state index contributed by atoms with van der Waals surface area (Å²) in [4.78, 5) is 18.0. The first-order valence-electron chi connectivity index (χ1n) is 5.97. The summed E-state index contributed by atoms with van der Waals surface area (Å²) >= 11 is 0. The summed E-state index contributed by atoms with van der Waals surface area (Å²) in [5.74, 6) is -0.0386. The van der Waals surface area contributed by atoms with Gasteiger partial charge in [-0.25, -0.2) is 4.98 Å². The summed E-state index contributed by atoms with van der Waals surface area (Å²) < 4.78 is 1.77. The first-order valence-corrected chi connectivity index (χ1v) is 5.97. The summed E-state index contributed by atoms with van der Waals surface area (Å²) in [5.41, 5.74) is -0.159. The fourth-order valence-corrected chi connectivity index (χ4v) is 2.15. The Morgan fingerprint density at radius 1 is 1.47 bits per heavy atom. The van der Waals surface area contributed by atoms with E-state index in [0.717, 1.165) is 12.8 Å². The van der Waals surface area contributed by atoms with Gasteiger partial charge in [-0.3, -0.25) is 4.79 Å². The Morgan fingerprint density at radius 3 is 2.88 bits per heavy atom. The fourth-order valence-electron chi connectivity index (χ4n) is 2.15. The third-order valence-electron chi connectivity index (χ3n) is 3.27. The van der Waals surface area contributed by atoms with Crippen molar-refractivity contribution in [2.45, 2.75) is 31.8 Å². The molecule has 0 saturated carbocycles. The molecule has 0 aromatic carbocycles. The van der Waals surface area contributed by atoms with Crippen molar-refractivity contribution in [3.05, 3.63) is 18.2 Å². The fraction of sp³-hybridized carbons (Fsp3) is 0.667. The van der Waals surface area contributed by atoms with Gasteiger partial charge in [0.2, 0.25) is 0 Å². The molecule has 0 aliphatic carbocycles. The van der Waals surface area contributed by atoms with E-state index in [-0.39, 0.29) is 5.91 Å². The molecule has 5 nitrogen and oxygen atoms in total. The smallest absolute Gasteiger partial charge is 0.274 e. The summed E-state index contributed by atoms with van der Waals surface area (Å²) in [5, 5.41) is 9.97. The van der Waals surface area contributed by atoms with Crippen molar-refractivity contribution in [1.29, 1.82) is 0 Å². The van der Waals surface area contributed by atoms with Crippen LogP contribution >= 0.6 is 0 Å². The van der Waals surface area contributed by atoms with Gasteiger partial charge in [0.05, 0.1) is 11.9 Å². The van der Waals surface area contributed by atoms with Gasteiger partial charge in [-0.05, 0) is 26.2 Å². The molecule has 1 aliphatic heterocycles. The molecule has 1 aromatic heterocycles. The Labute approximate surface area is 101 Å². The highest BCUT2D eigenvalue weighted by Gasteiger charge is 2.28. The van der Waals surface area contributed by atoms with Crippen LogP contribution in [-0.4, -0.2) is 44.2 Å². The summed E-state index contributed by atoms with van der Waals surface area (Å²) in [6, 6.07) is 0. The molecule has 5 heteroatoms. The topological polar surface area (TPSA) is 58.4 Å². The van der Waals surface area contributed by atoms with Gasteiger partial charge >= 0.3 is 0 Å². The van der Waals surface area contributed by atoms with Crippen LogP contribution in [0.1, 0.15) is 36.7 Å². The van der Waals surface area contributed by atoms with Crippen molar-refractivity contribution >= 4 is 5.91 Å². The third-order valence-corrected chi connectivity index (χ3v) is 3.27. The Hall–Kier alpha value is -1.36. The van der Waals surface area contributed by atoms with Gasteiger partial charge in [0.25, 0.3) is 5.91 Å². The van der Waals surface area contributed by atoms with E-state index in [0.29, 0.717) is 25.2 Å². The number of amides is 1. The number of aromatic nitrogens is 2. The van der Waals surface area contributed by atoms with Crippen LogP contribution in [-0.2, 0) is 7.05 Å². The van der Waals surface area contributed by atoms with Crippen LogP contribution in [0, 0.1) is 0 Å². The molecule has 1 aromatic rings. The number of aliphatic hydroxyl groups is 1. The second-order valence-electron chi connectivity index (χ2n) is 5.07. The van der Waals surface area contributed by atoms with E-state index in [2.05, 4.69) is 4.98 Å². The molecule has 0 radical (unpaired) electrons. The Morgan fingerprint density at radius 2 is 2.24 bits per heavy atom. The van der Waals surface area contributed by atoms with E-state index < -0.39 is 5.60 Å². The lowest BCUT2D eigenvalue weighted by Crippen LogP contribution is -2.33. The molecule has 2 rings (SSSR count). The molecule has 2 heterocycles. The number of nitrogens with zero attached hydrogens (tertiary/aromatic N) is 3. The minimum absolute atomic E-state index is 0.0386. The van der Waals surface area contributed by atoms with Crippen molar-refractivity contribution in [2.75, 3.05) is 13.1 Å². The molecule has 0 bridgehead atoms. The maximum absolute atomic E-state index is 12.1. The van der Waals surface area contributed by atoms with Gasteiger partial charge in [-0.15, -0.1) is 0 Å². The lowest BCUT2D eigenvalue weighted by molar-refractivity contribution is 0.0437. The Kier molecular flexibility index (Phi) is 3.19. The number of carbonyl (C=O) groups excluding carboxylic acids is 1. The number of hydrogen-bond donors (Lipinski definition) is 1. The zero-order chi connectivity index (χ0) is 12.5. The zero-order valence-corrected chi connectivity index (χ0v) is 10.4. The van der Waals surface area contributed by atoms with Crippen LogP contribution in [0.15, 0.2) is 12.5 Å². The zero-order valence-electron chi connectivity index (χ0n) is 10.4. The lowest BCUT2D eigenvalue weighted by Gasteiger charge is -2.21. The van der Waals surface area contributed by atoms with E-state index in [1.54, 1.807) is 22.0 Å². The summed E-state index contributed by atoms with van der Waals surface area (Å²) in [7, 11) is 1.84. The molecule has 94 valence electrons. The maximum Gasteiger partial charge on any atom is 0.274 e. The van der Waals surface area contributed by atoms with Crippen LogP contribution in [0.3, 0.4) is 0 Å². The Bertz CT molecular complexity index is 412. The van der Waals surface area contributed by atoms with Crippen LogP contribution in [0.25, 0.3) is 0 Å². The van der Waals surface area contributed by atoms with Crippen molar-refractivity contribution in [2.24, 2.45) is 7.05 Å². The van der Waals surface area contributed by atoms with Gasteiger partial charge in [-0.1, -0.05) is 0 Å². The highest BCUT2D eigenvalue weighted by Crippen LogP contribution is 2.22. The van der Waals surface area contributed by atoms with Crippen LogP contribution < -0.4 is 0 Å². The predicted octanol–water partition coefficient (Wildman–Crippen LogP) is 0.797. The second-order valence-corrected chi connectivity index (χ2v) is 5.07. The first-order chi connectivity index (χ1) is 7.98. The van der Waals surface area contributed by atoms with E-state index in [9.17, 15) is 9.90 Å². The van der Waals surface area contributed by atoms with Crippen LogP contribution in [0.2, 0.25) is 0 Å². The molecular weight excluding hydrogens is 218 g/mol. The van der Waals surface area contributed by atoms with E-state index >= 15 is 0 Å². The summed E-state index contributed by atoms with van der Waals surface area (Å²) in [6.07, 6.45) is 5.57. The molecule has 0 spiro atoms. The molecule has 1 N–H and O–H groups in total. The van der Waals surface area contributed by atoms with Crippen LogP contribution in [0.4, 0.5) is 0 Å². The largest absolute Gasteiger partial charge is 0.390 e. The van der Waals surface area contributed by atoms with Gasteiger partial charge in [0.15, 0.2) is 0 Å². The molecule has 1 fully saturated rings. The molecule has 17 heavy (non-hydrogen) atoms. The molecule has 1 aliphatic rings. The minimum atomic E-state index is -0.640. The van der Waals surface area contributed by atoms with Gasteiger partial charge in [0.1, 0.15) is 5.69 Å². The minimum Gasteiger partial charge on any atom is -0.390 e. The number of rotatable bonds is 1. The average Bonchev–Trinajstić information content (AvgIpc) is 2.60.